The zero-order valence-corrected chi connectivity index (χ0v) is 28.0. The van der Waals surface area contributed by atoms with Gasteiger partial charge in [0.05, 0.1) is 0 Å². The minimum absolute atomic E-state index is 0.385. The van der Waals surface area contributed by atoms with Gasteiger partial charge in [-0.3, -0.25) is 0 Å². The summed E-state index contributed by atoms with van der Waals surface area (Å²) >= 11 is 0. The van der Waals surface area contributed by atoms with Crippen molar-refractivity contribution in [1.82, 2.24) is 0 Å². The minimum atomic E-state index is -0.508. The second-order valence-corrected chi connectivity index (χ2v) is 18.2. The lowest BCUT2D eigenvalue weighted by Crippen LogP contribution is -2.28. The molecule has 41 heavy (non-hydrogen) atoms. The van der Waals surface area contributed by atoms with Crippen molar-refractivity contribution in [2.24, 2.45) is 0 Å². The van der Waals surface area contributed by atoms with Crippen LogP contribution in [0, 0.1) is 20.8 Å². The van der Waals surface area contributed by atoms with Crippen LogP contribution in [0.3, 0.4) is 0 Å². The van der Waals surface area contributed by atoms with Crippen molar-refractivity contribution in [3.05, 3.63) is 89.5 Å². The Morgan fingerprint density at radius 2 is 0.659 bits per heavy atom. The molecule has 0 unspecified atom stereocenters. The van der Waals surface area contributed by atoms with Gasteiger partial charge in [0.25, 0.3) is 0 Å². The summed E-state index contributed by atoms with van der Waals surface area (Å²) in [5.74, 6) is 0. The van der Waals surface area contributed by atoms with E-state index < -0.39 is 7.92 Å². The van der Waals surface area contributed by atoms with Crippen LogP contribution in [0.4, 0.5) is 0 Å². The van der Waals surface area contributed by atoms with Crippen LogP contribution in [0.5, 0.6) is 0 Å². The summed E-state index contributed by atoms with van der Waals surface area (Å²) in [5, 5.41) is 4.38. The summed E-state index contributed by atoms with van der Waals surface area (Å²) in [5.41, 5.74) is 7.69. The van der Waals surface area contributed by atoms with Crippen molar-refractivity contribution in [2.45, 2.75) is 134 Å². The number of benzene rings is 3. The highest BCUT2D eigenvalue weighted by molar-refractivity contribution is 7.80. The Bertz CT molecular complexity index is 1050. The van der Waals surface area contributed by atoms with Crippen molar-refractivity contribution in [1.29, 1.82) is 0 Å². The van der Waals surface area contributed by atoms with Crippen molar-refractivity contribution in [2.75, 3.05) is 0 Å². The molecule has 220 valence electrons. The Morgan fingerprint density at radius 1 is 0.390 bits per heavy atom. The summed E-state index contributed by atoms with van der Waals surface area (Å²) < 4.78 is 0. The summed E-state index contributed by atoms with van der Waals surface area (Å²) in [7, 11) is -0.124. The van der Waals surface area contributed by atoms with Gasteiger partial charge < -0.3 is 0 Å². The van der Waals surface area contributed by atoms with Gasteiger partial charge in [0.15, 0.2) is 0 Å². The fraction of sp³-hybridized carbons (Fsp3) is 0.538. The highest BCUT2D eigenvalue weighted by atomic mass is 31.1. The molecule has 0 atom stereocenters. The fourth-order valence-electron chi connectivity index (χ4n) is 7.86. The Morgan fingerprint density at radius 3 is 0.927 bits per heavy atom. The Kier molecular flexibility index (Phi) is 12.0. The number of rotatable bonds is 6. The standard InChI is InChI=1S/C21H21P.C18H33P/c1-16-10-4-7-13-19(16)22(20-14-8-5-11-17(20)2)21-15-9-6-12-18(21)3;1-4-10-16(11-5-1)19(17-12-6-2-7-13-17)18-14-8-3-9-15-18/h4-15H,1-3H3;16-18H,1-15H2. The highest BCUT2D eigenvalue weighted by Gasteiger charge is 2.36. The van der Waals surface area contributed by atoms with Crippen LogP contribution in [-0.2, 0) is 0 Å². The van der Waals surface area contributed by atoms with Crippen LogP contribution < -0.4 is 15.9 Å². The number of hydrogen-bond acceptors (Lipinski definition) is 0. The van der Waals surface area contributed by atoms with Crippen molar-refractivity contribution >= 4 is 31.8 Å². The van der Waals surface area contributed by atoms with Gasteiger partial charge in [-0.25, -0.2) is 0 Å². The van der Waals surface area contributed by atoms with E-state index in [4.69, 9.17) is 0 Å². The molecular formula is C39H54P2. The third-order valence-electron chi connectivity index (χ3n) is 10.1. The molecule has 3 saturated carbocycles. The molecule has 0 spiro atoms. The third kappa shape index (κ3) is 8.12. The van der Waals surface area contributed by atoms with Crippen LogP contribution in [-0.4, -0.2) is 17.0 Å². The predicted molar refractivity (Wildman–Crippen MR) is 187 cm³/mol. The molecule has 0 nitrogen and oxygen atoms in total. The molecule has 0 aliphatic heterocycles. The topological polar surface area (TPSA) is 0 Å². The van der Waals surface area contributed by atoms with E-state index in [2.05, 4.69) is 93.6 Å². The monoisotopic (exact) mass is 584 g/mol. The van der Waals surface area contributed by atoms with Crippen molar-refractivity contribution < 1.29 is 0 Å². The average molecular weight is 585 g/mol. The van der Waals surface area contributed by atoms with E-state index in [-0.39, 0.29) is 0 Å². The van der Waals surface area contributed by atoms with E-state index in [1.807, 2.05) is 0 Å². The zero-order valence-electron chi connectivity index (χ0n) is 26.2. The molecule has 3 fully saturated rings. The SMILES string of the molecule is C1CCC(P(C2CCCCC2)C2CCCCC2)CC1.Cc1ccccc1P(c1ccccc1C)c1ccccc1C. The van der Waals surface area contributed by atoms with Gasteiger partial charge >= 0.3 is 0 Å². The van der Waals surface area contributed by atoms with Crippen molar-refractivity contribution in [3.63, 3.8) is 0 Å². The van der Waals surface area contributed by atoms with Crippen LogP contribution in [0.15, 0.2) is 72.8 Å². The van der Waals surface area contributed by atoms with Gasteiger partial charge in [0.2, 0.25) is 0 Å². The summed E-state index contributed by atoms with van der Waals surface area (Å²) in [6.45, 7) is 6.67. The fourth-order valence-corrected chi connectivity index (χ4v) is 15.3. The summed E-state index contributed by atoms with van der Waals surface area (Å²) in [6.07, 6.45) is 23.6. The molecule has 0 bridgehead atoms. The lowest BCUT2D eigenvalue weighted by Gasteiger charge is -2.44. The molecule has 0 amide bonds. The quantitative estimate of drug-likeness (QED) is 0.253. The van der Waals surface area contributed by atoms with Crippen LogP contribution in [0.1, 0.15) is 113 Å². The van der Waals surface area contributed by atoms with E-state index in [1.54, 1.807) is 77.0 Å². The lowest BCUT2D eigenvalue weighted by molar-refractivity contribution is 0.460. The van der Waals surface area contributed by atoms with Crippen LogP contribution in [0.25, 0.3) is 0 Å². The highest BCUT2D eigenvalue weighted by Crippen LogP contribution is 2.61. The van der Waals surface area contributed by atoms with E-state index in [1.165, 1.54) is 68.8 Å². The first-order chi connectivity index (χ1) is 20.1. The first-order valence-electron chi connectivity index (χ1n) is 16.9. The minimum Gasteiger partial charge on any atom is -0.0971 e. The second kappa shape index (κ2) is 15.8. The molecule has 3 aromatic carbocycles. The first kappa shape index (κ1) is 31.0. The second-order valence-electron chi connectivity index (χ2n) is 13.0. The van der Waals surface area contributed by atoms with Crippen molar-refractivity contribution in [3.8, 4) is 0 Å². The molecule has 3 aliphatic rings. The van der Waals surface area contributed by atoms with Gasteiger partial charge in [-0.15, -0.1) is 0 Å². The molecule has 0 saturated heterocycles. The van der Waals surface area contributed by atoms with E-state index in [9.17, 15) is 0 Å². The molecule has 2 heteroatoms. The maximum Gasteiger partial charge on any atom is -0.0122 e. The third-order valence-corrected chi connectivity index (χ3v) is 17.1. The Labute approximate surface area is 254 Å². The van der Waals surface area contributed by atoms with Crippen LogP contribution in [0.2, 0.25) is 0 Å². The molecule has 6 rings (SSSR count). The molecular weight excluding hydrogens is 530 g/mol. The van der Waals surface area contributed by atoms with Gasteiger partial charge in [-0.05, 0) is 117 Å². The molecule has 0 aromatic heterocycles. The van der Waals surface area contributed by atoms with E-state index in [0.29, 0.717) is 7.92 Å². The van der Waals surface area contributed by atoms with Gasteiger partial charge in [0, 0.05) is 0 Å². The van der Waals surface area contributed by atoms with E-state index >= 15 is 0 Å². The summed E-state index contributed by atoms with van der Waals surface area (Å²) in [6, 6.07) is 26.4. The smallest absolute Gasteiger partial charge is 0.0122 e. The zero-order chi connectivity index (χ0) is 28.4. The molecule has 0 heterocycles. The molecule has 3 aliphatic carbocycles. The first-order valence-corrected chi connectivity index (χ1v) is 19.8. The average Bonchev–Trinajstić information content (AvgIpc) is 3.02. The van der Waals surface area contributed by atoms with Gasteiger partial charge in [0.1, 0.15) is 0 Å². The number of aryl methyl sites for hydroxylation is 3. The molecule has 0 radical (unpaired) electrons. The van der Waals surface area contributed by atoms with Gasteiger partial charge in [-0.1, -0.05) is 139 Å². The maximum absolute atomic E-state index is 2.29. The normalized spacial score (nSPS) is 19.2. The lowest BCUT2D eigenvalue weighted by atomic mass is 9.99. The van der Waals surface area contributed by atoms with E-state index in [0.717, 1.165) is 0 Å². The molecule has 0 N–H and O–H groups in total. The number of hydrogen-bond donors (Lipinski definition) is 0. The Hall–Kier alpha value is -1.48. The van der Waals surface area contributed by atoms with Gasteiger partial charge in [-0.2, -0.15) is 0 Å². The molecule has 3 aromatic rings. The predicted octanol–water partition coefficient (Wildman–Crippen LogP) is 10.8. The largest absolute Gasteiger partial charge is 0.0971 e. The maximum atomic E-state index is 2.29. The van der Waals surface area contributed by atoms with Crippen LogP contribution >= 0.6 is 15.8 Å². The Balaban J connectivity index is 0.000000166. The summed E-state index contributed by atoms with van der Waals surface area (Å²) in [4.78, 5) is 0.